The number of nitrogens with zero attached hydrogens (tertiary/aromatic N) is 3. The first kappa shape index (κ1) is 14.4. The molecule has 1 saturated heterocycles. The van der Waals surface area contributed by atoms with Gasteiger partial charge in [0.15, 0.2) is 0 Å². The minimum absolute atomic E-state index is 0.728. The third-order valence-corrected chi connectivity index (χ3v) is 5.51. The Kier molecular flexibility index (Phi) is 4.78. The molecule has 0 radical (unpaired) electrons. The molecule has 5 heteroatoms. The summed E-state index contributed by atoms with van der Waals surface area (Å²) >= 11 is 5.80. The molecule has 2 atom stereocenters. The number of aryl methyl sites for hydroxylation is 2. The van der Waals surface area contributed by atoms with Crippen LogP contribution >= 0.6 is 27.7 Å². The fourth-order valence-electron chi connectivity index (χ4n) is 2.62. The lowest BCUT2D eigenvalue weighted by Gasteiger charge is -2.34. The molecule has 2 unspecified atom stereocenters. The zero-order chi connectivity index (χ0) is 13.3. The van der Waals surface area contributed by atoms with Crippen LogP contribution < -0.4 is 0 Å². The second-order valence-electron chi connectivity index (χ2n) is 5.14. The van der Waals surface area contributed by atoms with Crippen LogP contribution in [-0.2, 0) is 20.0 Å². The van der Waals surface area contributed by atoms with Gasteiger partial charge in [-0.25, -0.2) is 0 Å². The molecule has 1 aromatic heterocycles. The first-order valence-corrected chi connectivity index (χ1v) is 8.32. The van der Waals surface area contributed by atoms with Gasteiger partial charge in [0, 0.05) is 37.2 Å². The van der Waals surface area contributed by atoms with Gasteiger partial charge >= 0.3 is 0 Å². The van der Waals surface area contributed by atoms with E-state index in [0.29, 0.717) is 0 Å². The highest BCUT2D eigenvalue weighted by Gasteiger charge is 2.24. The van der Waals surface area contributed by atoms with Gasteiger partial charge < -0.3 is 0 Å². The molecule has 1 aliphatic heterocycles. The molecule has 1 fully saturated rings. The van der Waals surface area contributed by atoms with E-state index in [0.717, 1.165) is 23.5 Å². The smallest absolute Gasteiger partial charge is 0.0767 e. The zero-order valence-corrected chi connectivity index (χ0v) is 14.0. The highest BCUT2D eigenvalue weighted by molar-refractivity contribution is 9.10. The predicted molar refractivity (Wildman–Crippen MR) is 82.1 cm³/mol. The van der Waals surface area contributed by atoms with E-state index < -0.39 is 0 Å². The number of aromatic nitrogens is 2. The summed E-state index contributed by atoms with van der Waals surface area (Å²) < 4.78 is 3.23. The van der Waals surface area contributed by atoms with Crippen molar-refractivity contribution in [2.24, 2.45) is 7.05 Å². The molecule has 0 spiro atoms. The summed E-state index contributed by atoms with van der Waals surface area (Å²) in [6.07, 6.45) is 0.983. The normalized spacial score (nSPS) is 25.6. The Morgan fingerprint density at radius 2 is 1.94 bits per heavy atom. The Morgan fingerprint density at radius 3 is 2.44 bits per heavy atom. The van der Waals surface area contributed by atoms with Crippen LogP contribution in [0, 0.1) is 0 Å². The molecule has 0 amide bonds. The van der Waals surface area contributed by atoms with Crippen LogP contribution in [0.2, 0.25) is 0 Å². The number of rotatable bonds is 3. The second-order valence-corrected chi connectivity index (χ2v) is 7.81. The highest BCUT2D eigenvalue weighted by atomic mass is 79.9. The van der Waals surface area contributed by atoms with Crippen LogP contribution in [0.15, 0.2) is 4.47 Å². The zero-order valence-electron chi connectivity index (χ0n) is 11.6. The van der Waals surface area contributed by atoms with E-state index in [1.54, 1.807) is 0 Å². The first-order chi connectivity index (χ1) is 8.51. The molecule has 1 aromatic rings. The first-order valence-electron chi connectivity index (χ1n) is 6.59. The van der Waals surface area contributed by atoms with Gasteiger partial charge in [-0.05, 0) is 22.4 Å². The van der Waals surface area contributed by atoms with Gasteiger partial charge in [-0.2, -0.15) is 16.9 Å². The summed E-state index contributed by atoms with van der Waals surface area (Å²) in [5.41, 5.74) is 2.47. The van der Waals surface area contributed by atoms with Crippen LogP contribution in [0.25, 0.3) is 0 Å². The molecule has 2 rings (SSSR count). The van der Waals surface area contributed by atoms with Crippen molar-refractivity contribution in [1.29, 1.82) is 0 Å². The molecule has 0 aliphatic carbocycles. The van der Waals surface area contributed by atoms with E-state index in [4.69, 9.17) is 0 Å². The van der Waals surface area contributed by atoms with Crippen molar-refractivity contribution in [3.8, 4) is 0 Å². The maximum Gasteiger partial charge on any atom is 0.0767 e. The van der Waals surface area contributed by atoms with Gasteiger partial charge in [-0.3, -0.25) is 9.58 Å². The minimum Gasteiger partial charge on any atom is -0.295 e. The SMILES string of the molecule is CCc1nn(C)c(CN2CC(C)SC(C)C2)c1Br. The quantitative estimate of drug-likeness (QED) is 0.849. The van der Waals surface area contributed by atoms with Crippen LogP contribution in [-0.4, -0.2) is 38.3 Å². The molecule has 1 aliphatic rings. The lowest BCUT2D eigenvalue weighted by molar-refractivity contribution is 0.255. The Labute approximate surface area is 122 Å². The molecule has 0 saturated carbocycles. The van der Waals surface area contributed by atoms with E-state index in [9.17, 15) is 0 Å². The summed E-state index contributed by atoms with van der Waals surface area (Å²) in [6.45, 7) is 10.1. The molecular weight excluding hydrogens is 310 g/mol. The molecule has 3 nitrogen and oxygen atoms in total. The summed E-state index contributed by atoms with van der Waals surface area (Å²) in [4.78, 5) is 2.55. The second kappa shape index (κ2) is 5.97. The minimum atomic E-state index is 0.728. The lowest BCUT2D eigenvalue weighted by Crippen LogP contribution is -2.40. The van der Waals surface area contributed by atoms with Crippen molar-refractivity contribution >= 4 is 27.7 Å². The number of thioether (sulfide) groups is 1. The van der Waals surface area contributed by atoms with Crippen LogP contribution in [0.4, 0.5) is 0 Å². The Hall–Kier alpha value is -0.000000000000000111. The van der Waals surface area contributed by atoms with E-state index in [2.05, 4.69) is 58.5 Å². The van der Waals surface area contributed by atoms with Gasteiger partial charge in [-0.1, -0.05) is 20.8 Å². The Bertz CT molecular complexity index is 409. The predicted octanol–water partition coefficient (Wildman–Crippen LogP) is 3.07. The van der Waals surface area contributed by atoms with E-state index in [1.165, 1.54) is 29.0 Å². The van der Waals surface area contributed by atoms with E-state index >= 15 is 0 Å². The summed E-state index contributed by atoms with van der Waals surface area (Å²) in [7, 11) is 2.05. The van der Waals surface area contributed by atoms with Crippen molar-refractivity contribution < 1.29 is 0 Å². The third-order valence-electron chi connectivity index (χ3n) is 3.37. The maximum atomic E-state index is 4.57. The summed E-state index contributed by atoms with van der Waals surface area (Å²) in [5, 5.41) is 6.03. The van der Waals surface area contributed by atoms with Crippen molar-refractivity contribution in [2.45, 2.75) is 44.2 Å². The van der Waals surface area contributed by atoms with Gasteiger partial charge in [0.1, 0.15) is 0 Å². The van der Waals surface area contributed by atoms with E-state index in [1.807, 2.05) is 11.7 Å². The van der Waals surface area contributed by atoms with Crippen LogP contribution in [0.1, 0.15) is 32.2 Å². The molecule has 0 aromatic carbocycles. The third kappa shape index (κ3) is 3.11. The van der Waals surface area contributed by atoms with Crippen LogP contribution in [0.5, 0.6) is 0 Å². The molecule has 0 N–H and O–H groups in total. The van der Waals surface area contributed by atoms with Crippen molar-refractivity contribution in [1.82, 2.24) is 14.7 Å². The highest BCUT2D eigenvalue weighted by Crippen LogP contribution is 2.28. The van der Waals surface area contributed by atoms with E-state index in [-0.39, 0.29) is 0 Å². The maximum absolute atomic E-state index is 4.57. The van der Waals surface area contributed by atoms with Crippen molar-refractivity contribution in [3.05, 3.63) is 15.9 Å². The lowest BCUT2D eigenvalue weighted by atomic mass is 10.2. The fraction of sp³-hybridized carbons (Fsp3) is 0.769. The molecule has 18 heavy (non-hydrogen) atoms. The monoisotopic (exact) mass is 331 g/mol. The molecule has 2 heterocycles. The average Bonchev–Trinajstić information content (AvgIpc) is 2.55. The van der Waals surface area contributed by atoms with Crippen LogP contribution in [0.3, 0.4) is 0 Å². The van der Waals surface area contributed by atoms with Gasteiger partial charge in [0.2, 0.25) is 0 Å². The largest absolute Gasteiger partial charge is 0.295 e. The number of halogens is 1. The standard InChI is InChI=1S/C13H22BrN3S/c1-5-11-13(14)12(16(4)15-11)8-17-6-9(2)18-10(3)7-17/h9-10H,5-8H2,1-4H3. The van der Waals surface area contributed by atoms with Gasteiger partial charge in [0.25, 0.3) is 0 Å². The number of hydrogen-bond donors (Lipinski definition) is 0. The fourth-order valence-corrected chi connectivity index (χ4v) is 4.75. The Balaban J connectivity index is 2.11. The molecular formula is C13H22BrN3S. The summed E-state index contributed by atoms with van der Waals surface area (Å²) in [5.74, 6) is 0. The van der Waals surface area contributed by atoms with Gasteiger partial charge in [0.05, 0.1) is 15.9 Å². The van der Waals surface area contributed by atoms with Crippen molar-refractivity contribution in [3.63, 3.8) is 0 Å². The Morgan fingerprint density at radius 1 is 1.33 bits per heavy atom. The molecule has 102 valence electrons. The van der Waals surface area contributed by atoms with Crippen molar-refractivity contribution in [2.75, 3.05) is 13.1 Å². The molecule has 0 bridgehead atoms. The summed E-state index contributed by atoms with van der Waals surface area (Å²) in [6, 6.07) is 0. The average molecular weight is 332 g/mol. The topological polar surface area (TPSA) is 21.1 Å². The van der Waals surface area contributed by atoms with Gasteiger partial charge in [-0.15, -0.1) is 0 Å². The number of hydrogen-bond acceptors (Lipinski definition) is 3.